The first-order chi connectivity index (χ1) is 12.5. The first-order valence-electron chi connectivity index (χ1n) is 9.82. The van der Waals surface area contributed by atoms with Gasteiger partial charge < -0.3 is 5.32 Å². The normalized spacial score (nSPS) is 25.8. The van der Waals surface area contributed by atoms with E-state index in [2.05, 4.69) is 24.1 Å². The number of fused-ring (bicyclic) bond motifs is 3. The molecule has 2 heterocycles. The minimum Gasteiger partial charge on any atom is -0.352 e. The van der Waals surface area contributed by atoms with Gasteiger partial charge in [0.15, 0.2) is 0 Å². The first kappa shape index (κ1) is 17.7. The summed E-state index contributed by atoms with van der Waals surface area (Å²) in [5, 5.41) is 3.88. The topological polar surface area (TPSA) is 64.0 Å². The number of aryl methyl sites for hydroxylation is 1. The minimum absolute atomic E-state index is 0.0612. The van der Waals surface area contributed by atoms with E-state index in [0.717, 1.165) is 42.3 Å². The van der Waals surface area contributed by atoms with Crippen molar-refractivity contribution < 1.29 is 4.79 Å². The second kappa shape index (κ2) is 7.14. The maximum absolute atomic E-state index is 13.0. The number of nitrogens with zero attached hydrogens (tertiary/aromatic N) is 2. The Morgan fingerprint density at radius 1 is 1.31 bits per heavy atom. The van der Waals surface area contributed by atoms with Crippen LogP contribution in [0.25, 0.3) is 10.2 Å². The van der Waals surface area contributed by atoms with Crippen molar-refractivity contribution in [2.45, 2.75) is 71.4 Å². The van der Waals surface area contributed by atoms with E-state index in [1.54, 1.807) is 17.7 Å². The molecule has 0 spiro atoms. The molecule has 0 aromatic carbocycles. The van der Waals surface area contributed by atoms with E-state index in [0.29, 0.717) is 11.8 Å². The van der Waals surface area contributed by atoms with Crippen molar-refractivity contribution in [1.82, 2.24) is 14.9 Å². The summed E-state index contributed by atoms with van der Waals surface area (Å²) < 4.78 is 1.48. The van der Waals surface area contributed by atoms with Gasteiger partial charge in [0.1, 0.15) is 11.4 Å². The van der Waals surface area contributed by atoms with Gasteiger partial charge in [-0.15, -0.1) is 11.3 Å². The molecule has 6 heteroatoms. The van der Waals surface area contributed by atoms with Gasteiger partial charge in [0.05, 0.1) is 11.7 Å². The zero-order valence-corrected chi connectivity index (χ0v) is 16.4. The van der Waals surface area contributed by atoms with E-state index in [1.807, 2.05) is 0 Å². The largest absolute Gasteiger partial charge is 0.352 e. The molecule has 0 unspecified atom stereocenters. The van der Waals surface area contributed by atoms with Crippen LogP contribution in [0.15, 0.2) is 11.1 Å². The average molecular weight is 374 g/mol. The molecule has 3 atom stereocenters. The number of hydrogen-bond acceptors (Lipinski definition) is 4. The number of rotatable bonds is 3. The maximum atomic E-state index is 13.0. The molecule has 1 fully saturated rings. The lowest BCUT2D eigenvalue weighted by Crippen LogP contribution is -2.43. The van der Waals surface area contributed by atoms with Crippen molar-refractivity contribution in [1.29, 1.82) is 0 Å². The van der Waals surface area contributed by atoms with Gasteiger partial charge in [-0.3, -0.25) is 14.2 Å². The second-order valence-electron chi connectivity index (χ2n) is 8.15. The summed E-state index contributed by atoms with van der Waals surface area (Å²) in [6.45, 7) is 4.52. The highest BCUT2D eigenvalue weighted by Crippen LogP contribution is 2.35. The highest BCUT2D eigenvalue weighted by Gasteiger charge is 2.25. The third kappa shape index (κ3) is 3.31. The van der Waals surface area contributed by atoms with Crippen LogP contribution in [-0.4, -0.2) is 21.5 Å². The summed E-state index contributed by atoms with van der Waals surface area (Å²) in [7, 11) is 0. The molecular weight excluding hydrogens is 346 g/mol. The van der Waals surface area contributed by atoms with Crippen molar-refractivity contribution in [3.05, 3.63) is 27.1 Å². The molecule has 0 radical (unpaired) electrons. The van der Waals surface area contributed by atoms with Gasteiger partial charge in [0.25, 0.3) is 5.56 Å². The highest BCUT2D eigenvalue weighted by atomic mass is 32.1. The highest BCUT2D eigenvalue weighted by molar-refractivity contribution is 7.18. The fourth-order valence-electron chi connectivity index (χ4n) is 4.42. The molecular formula is C20H27N3O2S. The Labute approximate surface area is 157 Å². The Bertz CT molecular complexity index is 885. The number of amides is 1. The molecule has 1 N–H and O–H groups in total. The summed E-state index contributed by atoms with van der Waals surface area (Å²) in [5.74, 6) is 1.10. The molecule has 26 heavy (non-hydrogen) atoms. The molecule has 2 aromatic rings. The van der Waals surface area contributed by atoms with Crippen LogP contribution in [0, 0.1) is 11.8 Å². The van der Waals surface area contributed by atoms with Gasteiger partial charge in [0, 0.05) is 10.9 Å². The minimum atomic E-state index is -0.0790. The van der Waals surface area contributed by atoms with E-state index in [1.165, 1.54) is 27.8 Å². The first-order valence-corrected chi connectivity index (χ1v) is 10.6. The lowest BCUT2D eigenvalue weighted by molar-refractivity contribution is -0.123. The van der Waals surface area contributed by atoms with Crippen molar-refractivity contribution in [2.24, 2.45) is 11.8 Å². The Morgan fingerprint density at radius 2 is 2.12 bits per heavy atom. The van der Waals surface area contributed by atoms with Crippen LogP contribution >= 0.6 is 11.3 Å². The number of hydrogen-bond donors (Lipinski definition) is 1. The molecule has 5 nitrogen and oxygen atoms in total. The van der Waals surface area contributed by atoms with E-state index < -0.39 is 0 Å². The van der Waals surface area contributed by atoms with Crippen LogP contribution in [0.3, 0.4) is 0 Å². The molecule has 1 amide bonds. The van der Waals surface area contributed by atoms with Gasteiger partial charge >= 0.3 is 0 Å². The summed E-state index contributed by atoms with van der Waals surface area (Å²) in [6, 6.07) is 0.235. The number of nitrogens with one attached hydrogen (secondary N) is 1. The number of aromatic nitrogens is 2. The zero-order valence-electron chi connectivity index (χ0n) is 15.6. The zero-order chi connectivity index (χ0) is 18.3. The lowest BCUT2D eigenvalue weighted by Gasteiger charge is -2.29. The average Bonchev–Trinajstić information content (AvgIpc) is 2.97. The number of carbonyl (C=O) groups is 1. The second-order valence-corrected chi connectivity index (χ2v) is 9.23. The van der Waals surface area contributed by atoms with E-state index in [4.69, 9.17) is 0 Å². The summed E-state index contributed by atoms with van der Waals surface area (Å²) in [5.41, 5.74) is 1.12. The maximum Gasteiger partial charge on any atom is 0.262 e. The quantitative estimate of drug-likeness (QED) is 0.898. The van der Waals surface area contributed by atoms with Crippen molar-refractivity contribution in [3.8, 4) is 0 Å². The molecule has 4 rings (SSSR count). The molecule has 1 saturated carbocycles. The van der Waals surface area contributed by atoms with Gasteiger partial charge in [-0.2, -0.15) is 0 Å². The predicted octanol–water partition coefficient (Wildman–Crippen LogP) is 3.28. The summed E-state index contributed by atoms with van der Waals surface area (Å²) in [6.07, 6.45) is 9.26. The van der Waals surface area contributed by atoms with Crippen LogP contribution < -0.4 is 10.9 Å². The molecule has 2 aromatic heterocycles. The molecule has 0 aliphatic heterocycles. The van der Waals surface area contributed by atoms with Crippen LogP contribution in [0.2, 0.25) is 0 Å². The molecule has 2 aliphatic carbocycles. The van der Waals surface area contributed by atoms with Crippen LogP contribution in [0.1, 0.15) is 56.4 Å². The smallest absolute Gasteiger partial charge is 0.262 e. The summed E-state index contributed by atoms with van der Waals surface area (Å²) >= 11 is 1.65. The molecule has 2 aliphatic rings. The van der Waals surface area contributed by atoms with Crippen LogP contribution in [0.4, 0.5) is 0 Å². The van der Waals surface area contributed by atoms with Gasteiger partial charge in [0.2, 0.25) is 5.91 Å². The molecule has 140 valence electrons. The number of thiophene rings is 1. The van der Waals surface area contributed by atoms with Gasteiger partial charge in [-0.25, -0.2) is 4.98 Å². The number of carbonyl (C=O) groups excluding carboxylic acids is 1. The SMILES string of the molecule is C[C@H]1CCc2c(sc3ncn(CC(=O)N[C@H]4CCCC[C@@H]4C)c(=O)c23)C1. The Balaban J connectivity index is 1.56. The van der Waals surface area contributed by atoms with Crippen molar-refractivity contribution in [2.75, 3.05) is 0 Å². The van der Waals surface area contributed by atoms with Gasteiger partial charge in [-0.1, -0.05) is 26.7 Å². The fraction of sp³-hybridized carbons (Fsp3) is 0.650. The third-order valence-corrected chi connectivity index (χ3v) is 7.22. The predicted molar refractivity (Wildman–Crippen MR) is 105 cm³/mol. The Morgan fingerprint density at radius 3 is 2.92 bits per heavy atom. The summed E-state index contributed by atoms with van der Waals surface area (Å²) in [4.78, 5) is 32.1. The van der Waals surface area contributed by atoms with E-state index >= 15 is 0 Å². The van der Waals surface area contributed by atoms with E-state index in [9.17, 15) is 9.59 Å². The molecule has 0 saturated heterocycles. The Kier molecular flexibility index (Phi) is 4.86. The molecule has 0 bridgehead atoms. The van der Waals surface area contributed by atoms with Gasteiger partial charge in [-0.05, 0) is 49.5 Å². The standard InChI is InChI=1S/C20H27N3O2S/c1-12-7-8-14-16(9-12)26-19-18(14)20(25)23(11-21-19)10-17(24)22-15-6-4-3-5-13(15)2/h11-13,15H,3-10H2,1-2H3,(H,22,24)/t12-,13-,15-/m0/s1. The van der Waals surface area contributed by atoms with Crippen LogP contribution in [-0.2, 0) is 24.2 Å². The Hall–Kier alpha value is -1.69. The van der Waals surface area contributed by atoms with Crippen LogP contribution in [0.5, 0.6) is 0 Å². The monoisotopic (exact) mass is 373 g/mol. The third-order valence-electron chi connectivity index (χ3n) is 6.05. The van der Waals surface area contributed by atoms with E-state index in [-0.39, 0.29) is 24.1 Å². The van der Waals surface area contributed by atoms with Crippen molar-refractivity contribution in [3.63, 3.8) is 0 Å². The fourth-order valence-corrected chi connectivity index (χ4v) is 5.76. The lowest BCUT2D eigenvalue weighted by atomic mass is 9.86. The van der Waals surface area contributed by atoms with Crippen molar-refractivity contribution >= 4 is 27.5 Å².